The summed E-state index contributed by atoms with van der Waals surface area (Å²) in [5, 5.41) is 9.00. The van der Waals surface area contributed by atoms with Crippen LogP contribution in [0.3, 0.4) is 0 Å². The van der Waals surface area contributed by atoms with Crippen LogP contribution in [0.4, 0.5) is 4.39 Å². The average Bonchev–Trinajstić information content (AvgIpc) is 2.83. The van der Waals surface area contributed by atoms with Crippen LogP contribution in [-0.2, 0) is 13.0 Å². The Balaban J connectivity index is 1.31. The van der Waals surface area contributed by atoms with Gasteiger partial charge in [-0.15, -0.1) is 0 Å². The molecule has 1 aromatic carbocycles. The van der Waals surface area contributed by atoms with Gasteiger partial charge in [-0.2, -0.15) is 5.26 Å². The minimum absolute atomic E-state index is 0.0292. The smallest absolute Gasteiger partial charge is 0.251 e. The van der Waals surface area contributed by atoms with Crippen molar-refractivity contribution in [3.8, 4) is 11.8 Å². The third-order valence-electron chi connectivity index (χ3n) is 6.39. The fraction of sp³-hybridized carbons (Fsp3) is 0.400. The number of hydrogen-bond donors (Lipinski definition) is 0. The maximum atomic E-state index is 13.5. The molecule has 0 atom stereocenters. The number of aryl methyl sites for hydroxylation is 1. The van der Waals surface area contributed by atoms with Gasteiger partial charge in [0.1, 0.15) is 17.6 Å². The number of ether oxygens (including phenoxy) is 1. The molecule has 0 unspecified atom stereocenters. The number of piperidine rings is 1. The van der Waals surface area contributed by atoms with Crippen LogP contribution in [0.2, 0.25) is 0 Å². The molecule has 1 aliphatic heterocycles. The largest absolute Gasteiger partial charge is 0.495 e. The number of hydrogen-bond acceptors (Lipinski definition) is 5. The zero-order valence-corrected chi connectivity index (χ0v) is 18.3. The lowest BCUT2D eigenvalue weighted by atomic mass is 9.90. The van der Waals surface area contributed by atoms with Gasteiger partial charge in [0, 0.05) is 25.2 Å². The van der Waals surface area contributed by atoms with Crippen molar-refractivity contribution < 1.29 is 9.13 Å². The first kappa shape index (κ1) is 22.0. The van der Waals surface area contributed by atoms with E-state index in [1.54, 1.807) is 42.1 Å². The number of nitriles is 1. The Bertz CT molecular complexity index is 1190. The highest BCUT2D eigenvalue weighted by Crippen LogP contribution is 2.23. The highest BCUT2D eigenvalue weighted by atomic mass is 19.1. The first-order valence-electron chi connectivity index (χ1n) is 11.0. The number of rotatable bonds is 7. The fourth-order valence-corrected chi connectivity index (χ4v) is 4.42. The Hall–Kier alpha value is -3.24. The summed E-state index contributed by atoms with van der Waals surface area (Å²) in [4.78, 5) is 19.3. The summed E-state index contributed by atoms with van der Waals surface area (Å²) in [6, 6.07) is 11.9. The molecule has 0 N–H and O–H groups in total. The molecule has 0 radical (unpaired) electrons. The van der Waals surface area contributed by atoms with Gasteiger partial charge >= 0.3 is 0 Å². The molecule has 166 valence electrons. The minimum atomic E-state index is -0.455. The van der Waals surface area contributed by atoms with Crippen molar-refractivity contribution in [3.63, 3.8) is 0 Å². The topological polar surface area (TPSA) is 71.2 Å². The molecule has 1 aliphatic rings. The first-order valence-corrected chi connectivity index (χ1v) is 11.0. The van der Waals surface area contributed by atoms with Crippen LogP contribution >= 0.6 is 0 Å². The van der Waals surface area contributed by atoms with Crippen molar-refractivity contribution in [2.45, 2.75) is 32.2 Å². The van der Waals surface area contributed by atoms with E-state index in [1.807, 2.05) is 12.1 Å². The molecular formula is C25H27FN4O2. The van der Waals surface area contributed by atoms with E-state index in [0.717, 1.165) is 61.9 Å². The Morgan fingerprint density at radius 3 is 2.75 bits per heavy atom. The fourth-order valence-electron chi connectivity index (χ4n) is 4.42. The number of benzene rings is 1. The number of pyridine rings is 2. The van der Waals surface area contributed by atoms with Gasteiger partial charge in [-0.1, -0.05) is 6.07 Å². The molecule has 0 bridgehead atoms. The van der Waals surface area contributed by atoms with Crippen molar-refractivity contribution in [2.75, 3.05) is 26.7 Å². The third-order valence-corrected chi connectivity index (χ3v) is 6.39. The van der Waals surface area contributed by atoms with E-state index in [0.29, 0.717) is 18.2 Å². The van der Waals surface area contributed by atoms with Crippen molar-refractivity contribution in [1.29, 1.82) is 5.26 Å². The van der Waals surface area contributed by atoms with Crippen molar-refractivity contribution in [1.82, 2.24) is 14.5 Å². The van der Waals surface area contributed by atoms with Gasteiger partial charge < -0.3 is 14.2 Å². The minimum Gasteiger partial charge on any atom is -0.495 e. The van der Waals surface area contributed by atoms with Crippen LogP contribution in [0.15, 0.2) is 47.4 Å². The lowest BCUT2D eigenvalue weighted by molar-refractivity contribution is 0.174. The van der Waals surface area contributed by atoms with Crippen molar-refractivity contribution in [3.05, 3.63) is 69.9 Å². The molecular weight excluding hydrogens is 407 g/mol. The average molecular weight is 435 g/mol. The van der Waals surface area contributed by atoms with Gasteiger partial charge in [0.15, 0.2) is 0 Å². The molecule has 7 heteroatoms. The van der Waals surface area contributed by atoms with Crippen LogP contribution in [0.5, 0.6) is 5.75 Å². The highest BCUT2D eigenvalue weighted by Gasteiger charge is 2.19. The van der Waals surface area contributed by atoms with E-state index in [9.17, 15) is 9.18 Å². The molecule has 0 amide bonds. The second-order valence-corrected chi connectivity index (χ2v) is 8.35. The molecule has 1 saturated heterocycles. The summed E-state index contributed by atoms with van der Waals surface area (Å²) in [5.41, 5.74) is 2.68. The maximum absolute atomic E-state index is 13.5. The molecule has 3 aromatic rings. The van der Waals surface area contributed by atoms with Crippen LogP contribution in [0.25, 0.3) is 11.0 Å². The number of nitrogens with zero attached hydrogens (tertiary/aromatic N) is 4. The summed E-state index contributed by atoms with van der Waals surface area (Å²) in [6.45, 7) is 3.42. The summed E-state index contributed by atoms with van der Waals surface area (Å²) >= 11 is 0. The van der Waals surface area contributed by atoms with Crippen LogP contribution in [-0.4, -0.2) is 41.2 Å². The Labute approximate surface area is 186 Å². The molecule has 2 aromatic heterocycles. The molecule has 32 heavy (non-hydrogen) atoms. The van der Waals surface area contributed by atoms with E-state index < -0.39 is 5.82 Å². The number of likely N-dealkylation sites (tertiary alicyclic amines) is 1. The van der Waals surface area contributed by atoms with Gasteiger partial charge in [0.25, 0.3) is 5.56 Å². The zero-order valence-electron chi connectivity index (χ0n) is 18.3. The molecule has 3 heterocycles. The monoisotopic (exact) mass is 434 g/mol. The molecule has 0 saturated carbocycles. The lowest BCUT2D eigenvalue weighted by Crippen LogP contribution is -2.37. The molecule has 1 fully saturated rings. The normalized spacial score (nSPS) is 15.0. The molecule has 0 aliphatic carbocycles. The Morgan fingerprint density at radius 2 is 2.00 bits per heavy atom. The SMILES string of the molecule is COc1cnc2ccc(=O)n(CCN3CCC(CCc4ccc(F)c(C#N)c4)CC3)c2c1. The van der Waals surface area contributed by atoms with Crippen molar-refractivity contribution in [2.24, 2.45) is 5.92 Å². The number of methoxy groups -OCH3 is 1. The van der Waals surface area contributed by atoms with Gasteiger partial charge in [-0.05, 0) is 68.5 Å². The maximum Gasteiger partial charge on any atom is 0.251 e. The molecule has 6 nitrogen and oxygen atoms in total. The summed E-state index contributed by atoms with van der Waals surface area (Å²) in [5.74, 6) is 0.806. The molecule has 0 spiro atoms. The van der Waals surface area contributed by atoms with E-state index in [4.69, 9.17) is 10.00 Å². The van der Waals surface area contributed by atoms with Gasteiger partial charge in [-0.25, -0.2) is 4.39 Å². The third kappa shape index (κ3) is 4.97. The van der Waals surface area contributed by atoms with E-state index >= 15 is 0 Å². The van der Waals surface area contributed by atoms with Crippen LogP contribution in [0, 0.1) is 23.1 Å². The standard InChI is InChI=1S/C25H27FN4O2/c1-32-21-15-24-23(28-17-21)6-7-25(31)30(24)13-12-29-10-8-18(9-11-29)2-3-19-4-5-22(26)20(14-19)16-27/h4-7,14-15,17-18H,2-3,8-13H2,1H3. The highest BCUT2D eigenvalue weighted by molar-refractivity contribution is 5.75. The van der Waals surface area contributed by atoms with Gasteiger partial charge in [0.2, 0.25) is 0 Å². The Morgan fingerprint density at radius 1 is 1.19 bits per heavy atom. The number of fused-ring (bicyclic) bond motifs is 1. The lowest BCUT2D eigenvalue weighted by Gasteiger charge is -2.32. The summed E-state index contributed by atoms with van der Waals surface area (Å²) in [7, 11) is 1.59. The summed E-state index contributed by atoms with van der Waals surface area (Å²) in [6.07, 6.45) is 5.77. The van der Waals surface area contributed by atoms with Crippen LogP contribution in [0.1, 0.15) is 30.4 Å². The predicted octanol–water partition coefficient (Wildman–Crippen LogP) is 3.76. The first-order chi connectivity index (χ1) is 15.6. The zero-order chi connectivity index (χ0) is 22.5. The van der Waals surface area contributed by atoms with Gasteiger partial charge in [-0.3, -0.25) is 9.78 Å². The Kier molecular flexibility index (Phi) is 6.81. The van der Waals surface area contributed by atoms with E-state index in [2.05, 4.69) is 9.88 Å². The molecule has 4 rings (SSSR count). The van der Waals surface area contributed by atoms with E-state index in [-0.39, 0.29) is 11.1 Å². The second-order valence-electron chi connectivity index (χ2n) is 8.35. The van der Waals surface area contributed by atoms with Gasteiger partial charge in [0.05, 0.1) is 29.9 Å². The van der Waals surface area contributed by atoms with Crippen molar-refractivity contribution >= 4 is 11.0 Å². The predicted molar refractivity (Wildman–Crippen MR) is 121 cm³/mol. The quantitative estimate of drug-likeness (QED) is 0.566. The summed E-state index contributed by atoms with van der Waals surface area (Å²) < 4.78 is 20.5. The van der Waals surface area contributed by atoms with Crippen LogP contribution < -0.4 is 10.3 Å². The van der Waals surface area contributed by atoms with E-state index in [1.165, 1.54) is 6.07 Å². The second kappa shape index (κ2) is 9.92. The number of halogens is 1. The number of aromatic nitrogens is 2.